The zero-order valence-electron chi connectivity index (χ0n) is 14.5. The largest absolute Gasteiger partial charge is 0.322 e. The third-order valence-corrected chi connectivity index (χ3v) is 5.28. The van der Waals surface area contributed by atoms with Gasteiger partial charge in [-0.15, -0.1) is 11.8 Å². The Morgan fingerprint density at radius 3 is 2.67 bits per heavy atom. The van der Waals surface area contributed by atoms with Crippen LogP contribution in [0, 0.1) is 0 Å². The van der Waals surface area contributed by atoms with Crippen molar-refractivity contribution >= 4 is 34.3 Å². The van der Waals surface area contributed by atoms with Crippen LogP contribution in [-0.4, -0.2) is 15.9 Å². The number of pyridine rings is 2. The average molecular weight is 371 g/mol. The summed E-state index contributed by atoms with van der Waals surface area (Å²) < 4.78 is 0. The summed E-state index contributed by atoms with van der Waals surface area (Å²) in [5.74, 6) is 0.671. The molecule has 0 radical (unpaired) electrons. The minimum atomic E-state index is -0.115. The number of nitrogens with zero attached hydrogens (tertiary/aromatic N) is 2. The summed E-state index contributed by atoms with van der Waals surface area (Å²) in [6.07, 6.45) is 5.32. The number of anilines is 1. The van der Waals surface area contributed by atoms with E-state index in [1.165, 1.54) is 5.56 Å². The van der Waals surface area contributed by atoms with Crippen LogP contribution in [0.1, 0.15) is 15.9 Å². The molecule has 0 atom stereocenters. The van der Waals surface area contributed by atoms with Crippen LogP contribution in [0.3, 0.4) is 0 Å². The zero-order chi connectivity index (χ0) is 18.5. The molecule has 1 amide bonds. The lowest BCUT2D eigenvalue weighted by Gasteiger charge is -2.10. The van der Waals surface area contributed by atoms with Crippen LogP contribution in [0.15, 0.2) is 90.2 Å². The molecule has 0 spiro atoms. The lowest BCUT2D eigenvalue weighted by atomic mass is 10.1. The predicted molar refractivity (Wildman–Crippen MR) is 110 cm³/mol. The molecule has 132 valence electrons. The van der Waals surface area contributed by atoms with E-state index < -0.39 is 0 Å². The summed E-state index contributed by atoms with van der Waals surface area (Å²) in [5.41, 5.74) is 3.51. The number of fused-ring (bicyclic) bond motifs is 1. The SMILES string of the molecule is O=C(Nc1ccc2ncccc2c1)c1ccccc1SCc1ccncc1. The molecule has 5 heteroatoms. The molecular formula is C22H17N3OS. The Morgan fingerprint density at radius 1 is 0.926 bits per heavy atom. The van der Waals surface area contributed by atoms with Crippen LogP contribution >= 0.6 is 11.8 Å². The smallest absolute Gasteiger partial charge is 0.256 e. The predicted octanol–water partition coefficient (Wildman–Crippen LogP) is 5.17. The molecule has 2 heterocycles. The minimum absolute atomic E-state index is 0.115. The number of amides is 1. The number of benzene rings is 2. The first-order valence-corrected chi connectivity index (χ1v) is 9.55. The molecule has 1 N–H and O–H groups in total. The number of carbonyl (C=O) groups is 1. The van der Waals surface area contributed by atoms with Gasteiger partial charge in [-0.2, -0.15) is 0 Å². The molecule has 0 unspecified atom stereocenters. The van der Waals surface area contributed by atoms with Gasteiger partial charge < -0.3 is 5.32 Å². The van der Waals surface area contributed by atoms with Crippen molar-refractivity contribution in [2.75, 3.05) is 5.32 Å². The summed E-state index contributed by atoms with van der Waals surface area (Å²) >= 11 is 1.64. The highest BCUT2D eigenvalue weighted by molar-refractivity contribution is 7.98. The summed E-state index contributed by atoms with van der Waals surface area (Å²) in [5, 5.41) is 3.99. The molecule has 4 aromatic rings. The van der Waals surface area contributed by atoms with Gasteiger partial charge in [0.15, 0.2) is 0 Å². The van der Waals surface area contributed by atoms with Crippen LogP contribution in [0.25, 0.3) is 10.9 Å². The normalized spacial score (nSPS) is 10.7. The number of nitrogens with one attached hydrogen (secondary N) is 1. The maximum Gasteiger partial charge on any atom is 0.256 e. The molecule has 0 aliphatic rings. The van der Waals surface area contributed by atoms with E-state index in [0.29, 0.717) is 5.56 Å². The van der Waals surface area contributed by atoms with E-state index in [9.17, 15) is 4.79 Å². The van der Waals surface area contributed by atoms with Crippen molar-refractivity contribution in [3.05, 3.63) is 96.4 Å². The van der Waals surface area contributed by atoms with Gasteiger partial charge in [0.1, 0.15) is 0 Å². The number of hydrogen-bond acceptors (Lipinski definition) is 4. The maximum absolute atomic E-state index is 12.8. The summed E-state index contributed by atoms with van der Waals surface area (Å²) in [7, 11) is 0. The van der Waals surface area contributed by atoms with Gasteiger partial charge in [-0.25, -0.2) is 0 Å². The fourth-order valence-electron chi connectivity index (χ4n) is 2.77. The fraction of sp³-hybridized carbons (Fsp3) is 0.0455. The van der Waals surface area contributed by atoms with Gasteiger partial charge in [0.25, 0.3) is 5.91 Å². The van der Waals surface area contributed by atoms with E-state index >= 15 is 0 Å². The standard InChI is InChI=1S/C22H17N3OS/c26-22(25-18-7-8-20-17(14-18)4-3-11-24-20)19-5-1-2-6-21(19)27-15-16-9-12-23-13-10-16/h1-14H,15H2,(H,25,26). The van der Waals surface area contributed by atoms with E-state index in [-0.39, 0.29) is 5.91 Å². The lowest BCUT2D eigenvalue weighted by Crippen LogP contribution is -2.13. The fourth-order valence-corrected chi connectivity index (χ4v) is 3.78. The first-order chi connectivity index (χ1) is 13.3. The van der Waals surface area contributed by atoms with Gasteiger partial charge in [-0.3, -0.25) is 14.8 Å². The quantitative estimate of drug-likeness (QED) is 0.492. The maximum atomic E-state index is 12.8. The van der Waals surface area contributed by atoms with Gasteiger partial charge in [0, 0.05) is 40.3 Å². The molecule has 0 saturated carbocycles. The Kier molecular flexibility index (Phi) is 5.12. The second-order valence-electron chi connectivity index (χ2n) is 6.01. The second kappa shape index (κ2) is 8.01. The van der Waals surface area contributed by atoms with Crippen LogP contribution in [0.4, 0.5) is 5.69 Å². The first-order valence-electron chi connectivity index (χ1n) is 8.56. The van der Waals surface area contributed by atoms with Gasteiger partial charge in [0.2, 0.25) is 0 Å². The zero-order valence-corrected chi connectivity index (χ0v) is 15.3. The molecule has 0 saturated heterocycles. The summed E-state index contributed by atoms with van der Waals surface area (Å²) in [4.78, 5) is 22.1. The van der Waals surface area contributed by atoms with Crippen LogP contribution in [0.5, 0.6) is 0 Å². The Balaban J connectivity index is 1.52. The topological polar surface area (TPSA) is 54.9 Å². The lowest BCUT2D eigenvalue weighted by molar-refractivity contribution is 0.102. The Bertz CT molecular complexity index is 1080. The molecule has 2 aromatic carbocycles. The monoisotopic (exact) mass is 371 g/mol. The van der Waals surface area contributed by atoms with Gasteiger partial charge >= 0.3 is 0 Å². The van der Waals surface area contributed by atoms with Crippen LogP contribution < -0.4 is 5.32 Å². The van der Waals surface area contributed by atoms with E-state index in [1.807, 2.05) is 66.7 Å². The third kappa shape index (κ3) is 4.15. The number of thioether (sulfide) groups is 1. The number of carbonyl (C=O) groups excluding carboxylic acids is 1. The Labute approximate surface area is 161 Å². The van der Waals surface area contributed by atoms with E-state index in [1.54, 1.807) is 30.4 Å². The van der Waals surface area contributed by atoms with Gasteiger partial charge in [-0.1, -0.05) is 18.2 Å². The molecule has 0 fully saturated rings. The van der Waals surface area contributed by atoms with Crippen molar-refractivity contribution in [1.82, 2.24) is 9.97 Å². The molecule has 0 bridgehead atoms. The molecule has 0 aliphatic carbocycles. The second-order valence-corrected chi connectivity index (χ2v) is 7.02. The van der Waals surface area contributed by atoms with Crippen molar-refractivity contribution in [1.29, 1.82) is 0 Å². The van der Waals surface area contributed by atoms with E-state index in [2.05, 4.69) is 15.3 Å². The third-order valence-electron chi connectivity index (χ3n) is 4.14. The summed E-state index contributed by atoms with van der Waals surface area (Å²) in [6.45, 7) is 0. The number of rotatable bonds is 5. The number of aromatic nitrogens is 2. The average Bonchev–Trinajstić information content (AvgIpc) is 2.73. The molecule has 27 heavy (non-hydrogen) atoms. The van der Waals surface area contributed by atoms with Gasteiger partial charge in [0.05, 0.1) is 11.1 Å². The number of hydrogen-bond donors (Lipinski definition) is 1. The highest BCUT2D eigenvalue weighted by Gasteiger charge is 2.12. The first kappa shape index (κ1) is 17.2. The minimum Gasteiger partial charge on any atom is -0.322 e. The van der Waals surface area contributed by atoms with Crippen molar-refractivity contribution in [3.8, 4) is 0 Å². The van der Waals surface area contributed by atoms with Crippen molar-refractivity contribution < 1.29 is 4.79 Å². The van der Waals surface area contributed by atoms with Gasteiger partial charge in [-0.05, 0) is 54.1 Å². The molecule has 4 rings (SSSR count). The molecule has 2 aromatic heterocycles. The van der Waals surface area contributed by atoms with Crippen LogP contribution in [-0.2, 0) is 5.75 Å². The Morgan fingerprint density at radius 2 is 1.78 bits per heavy atom. The molecule has 4 nitrogen and oxygen atoms in total. The molecule has 0 aliphatic heterocycles. The van der Waals surface area contributed by atoms with Crippen molar-refractivity contribution in [2.45, 2.75) is 10.6 Å². The van der Waals surface area contributed by atoms with Crippen LogP contribution in [0.2, 0.25) is 0 Å². The van der Waals surface area contributed by atoms with Crippen molar-refractivity contribution in [2.24, 2.45) is 0 Å². The summed E-state index contributed by atoms with van der Waals surface area (Å²) in [6, 6.07) is 21.2. The van der Waals surface area contributed by atoms with E-state index in [0.717, 1.165) is 27.2 Å². The Hall–Kier alpha value is -3.18. The highest BCUT2D eigenvalue weighted by atomic mass is 32.2. The molecular weight excluding hydrogens is 354 g/mol. The van der Waals surface area contributed by atoms with E-state index in [4.69, 9.17) is 0 Å². The van der Waals surface area contributed by atoms with Crippen molar-refractivity contribution in [3.63, 3.8) is 0 Å². The highest BCUT2D eigenvalue weighted by Crippen LogP contribution is 2.27.